The van der Waals surface area contributed by atoms with Gasteiger partial charge < -0.3 is 4.74 Å². The van der Waals surface area contributed by atoms with E-state index in [1.54, 1.807) is 7.11 Å². The molecule has 2 nitrogen and oxygen atoms in total. The van der Waals surface area contributed by atoms with Gasteiger partial charge in [-0.3, -0.25) is 4.99 Å². The van der Waals surface area contributed by atoms with Crippen molar-refractivity contribution >= 4 is 5.90 Å². The van der Waals surface area contributed by atoms with Crippen molar-refractivity contribution in [3.8, 4) is 0 Å². The standard InChI is InChI=1S/C9H15NO/c1-11-9-8-5-3-2-4-7(8)6-10-9/h7-8H,2-6H2,1H3. The molecule has 2 aliphatic rings. The molecule has 2 unspecified atom stereocenters. The van der Waals surface area contributed by atoms with Gasteiger partial charge in [-0.25, -0.2) is 0 Å². The van der Waals surface area contributed by atoms with Gasteiger partial charge in [0.1, 0.15) is 0 Å². The average Bonchev–Trinajstić information content (AvgIpc) is 2.47. The van der Waals surface area contributed by atoms with E-state index in [2.05, 4.69) is 4.99 Å². The second-order valence-electron chi connectivity index (χ2n) is 3.53. The van der Waals surface area contributed by atoms with Crippen LogP contribution < -0.4 is 0 Å². The molecule has 0 amide bonds. The van der Waals surface area contributed by atoms with Crippen LogP contribution in [0.3, 0.4) is 0 Å². The molecule has 2 rings (SSSR count). The van der Waals surface area contributed by atoms with E-state index in [4.69, 9.17) is 4.74 Å². The summed E-state index contributed by atoms with van der Waals surface area (Å²) in [5.41, 5.74) is 0. The van der Waals surface area contributed by atoms with Gasteiger partial charge in [-0.05, 0) is 18.8 Å². The average molecular weight is 153 g/mol. The van der Waals surface area contributed by atoms with Gasteiger partial charge in [0.25, 0.3) is 0 Å². The van der Waals surface area contributed by atoms with Gasteiger partial charge in [0.05, 0.1) is 7.11 Å². The van der Waals surface area contributed by atoms with E-state index in [1.165, 1.54) is 25.7 Å². The normalized spacial score (nSPS) is 36.3. The van der Waals surface area contributed by atoms with Crippen LogP contribution in [0.25, 0.3) is 0 Å². The number of hydrogen-bond donors (Lipinski definition) is 0. The van der Waals surface area contributed by atoms with Crippen molar-refractivity contribution in [2.75, 3.05) is 13.7 Å². The summed E-state index contributed by atoms with van der Waals surface area (Å²) in [4.78, 5) is 4.39. The molecule has 0 radical (unpaired) electrons. The van der Waals surface area contributed by atoms with E-state index in [-0.39, 0.29) is 0 Å². The van der Waals surface area contributed by atoms with Crippen LogP contribution in [0.2, 0.25) is 0 Å². The number of ether oxygens (including phenoxy) is 1. The predicted octanol–water partition coefficient (Wildman–Crippen LogP) is 1.85. The lowest BCUT2D eigenvalue weighted by Gasteiger charge is -2.24. The Kier molecular flexibility index (Phi) is 1.84. The third-order valence-corrected chi connectivity index (χ3v) is 2.92. The number of rotatable bonds is 0. The minimum atomic E-state index is 0.675. The Balaban J connectivity index is 2.05. The van der Waals surface area contributed by atoms with Crippen LogP contribution >= 0.6 is 0 Å². The Morgan fingerprint density at radius 2 is 2.18 bits per heavy atom. The quantitative estimate of drug-likeness (QED) is 0.520. The van der Waals surface area contributed by atoms with E-state index in [0.717, 1.165) is 18.4 Å². The summed E-state index contributed by atoms with van der Waals surface area (Å²) in [6, 6.07) is 0. The van der Waals surface area contributed by atoms with Crippen LogP contribution in [0.5, 0.6) is 0 Å². The summed E-state index contributed by atoms with van der Waals surface area (Å²) in [7, 11) is 1.75. The summed E-state index contributed by atoms with van der Waals surface area (Å²) >= 11 is 0. The third-order valence-electron chi connectivity index (χ3n) is 2.92. The summed E-state index contributed by atoms with van der Waals surface area (Å²) < 4.78 is 5.23. The molecule has 62 valence electrons. The Hall–Kier alpha value is -0.530. The summed E-state index contributed by atoms with van der Waals surface area (Å²) in [5, 5.41) is 0. The zero-order valence-electron chi connectivity index (χ0n) is 7.05. The topological polar surface area (TPSA) is 21.6 Å². The lowest BCUT2D eigenvalue weighted by atomic mass is 9.81. The minimum Gasteiger partial charge on any atom is -0.484 e. The highest BCUT2D eigenvalue weighted by Crippen LogP contribution is 2.35. The van der Waals surface area contributed by atoms with Crippen LogP contribution in [0.4, 0.5) is 0 Å². The van der Waals surface area contributed by atoms with Gasteiger partial charge in [-0.15, -0.1) is 0 Å². The lowest BCUT2D eigenvalue weighted by Crippen LogP contribution is -2.23. The molecule has 0 spiro atoms. The molecule has 0 aromatic carbocycles. The molecule has 2 atom stereocenters. The Morgan fingerprint density at radius 1 is 1.36 bits per heavy atom. The van der Waals surface area contributed by atoms with Crippen molar-refractivity contribution in [1.82, 2.24) is 0 Å². The van der Waals surface area contributed by atoms with E-state index in [1.807, 2.05) is 0 Å². The largest absolute Gasteiger partial charge is 0.484 e. The van der Waals surface area contributed by atoms with Crippen LogP contribution in [-0.4, -0.2) is 19.6 Å². The zero-order valence-corrected chi connectivity index (χ0v) is 7.05. The van der Waals surface area contributed by atoms with E-state index < -0.39 is 0 Å². The summed E-state index contributed by atoms with van der Waals surface area (Å²) in [6.45, 7) is 1.02. The zero-order chi connectivity index (χ0) is 7.68. The maximum absolute atomic E-state index is 5.23. The number of methoxy groups -OCH3 is 1. The molecule has 1 aliphatic carbocycles. The third kappa shape index (κ3) is 1.15. The SMILES string of the molecule is COC1=NCC2CCCCC12. The van der Waals surface area contributed by atoms with Crippen molar-refractivity contribution in [3.63, 3.8) is 0 Å². The second kappa shape index (κ2) is 2.84. The van der Waals surface area contributed by atoms with Gasteiger partial charge >= 0.3 is 0 Å². The summed E-state index contributed by atoms with van der Waals surface area (Å²) in [5.74, 6) is 2.52. The molecular weight excluding hydrogens is 138 g/mol. The monoisotopic (exact) mass is 153 g/mol. The number of nitrogens with zero attached hydrogens (tertiary/aromatic N) is 1. The van der Waals surface area contributed by atoms with E-state index in [9.17, 15) is 0 Å². The highest BCUT2D eigenvalue weighted by atomic mass is 16.5. The molecule has 0 aromatic rings. The van der Waals surface area contributed by atoms with E-state index >= 15 is 0 Å². The van der Waals surface area contributed by atoms with Crippen LogP contribution in [0.15, 0.2) is 4.99 Å². The van der Waals surface area contributed by atoms with Gasteiger partial charge in [-0.2, -0.15) is 0 Å². The predicted molar refractivity (Wildman–Crippen MR) is 44.8 cm³/mol. The van der Waals surface area contributed by atoms with Gasteiger partial charge in [0, 0.05) is 12.5 Å². The van der Waals surface area contributed by atoms with Gasteiger partial charge in [0.15, 0.2) is 5.90 Å². The second-order valence-corrected chi connectivity index (χ2v) is 3.53. The number of aliphatic imine (C=N–C) groups is 1. The maximum Gasteiger partial charge on any atom is 0.186 e. The fraction of sp³-hybridized carbons (Fsp3) is 0.889. The van der Waals surface area contributed by atoms with Gasteiger partial charge in [-0.1, -0.05) is 12.8 Å². The molecule has 1 aliphatic heterocycles. The van der Waals surface area contributed by atoms with Crippen molar-refractivity contribution in [2.24, 2.45) is 16.8 Å². The highest BCUT2D eigenvalue weighted by Gasteiger charge is 2.33. The smallest absolute Gasteiger partial charge is 0.186 e. The van der Waals surface area contributed by atoms with Crippen molar-refractivity contribution < 1.29 is 4.74 Å². The number of fused-ring (bicyclic) bond motifs is 1. The molecule has 11 heavy (non-hydrogen) atoms. The highest BCUT2D eigenvalue weighted by molar-refractivity contribution is 5.80. The van der Waals surface area contributed by atoms with E-state index in [0.29, 0.717) is 5.92 Å². The Labute approximate surface area is 67.7 Å². The molecule has 1 fully saturated rings. The maximum atomic E-state index is 5.23. The Bertz CT molecular complexity index is 176. The fourth-order valence-corrected chi connectivity index (χ4v) is 2.29. The molecule has 2 heteroatoms. The van der Waals surface area contributed by atoms with Crippen molar-refractivity contribution in [1.29, 1.82) is 0 Å². The summed E-state index contributed by atoms with van der Waals surface area (Å²) in [6.07, 6.45) is 5.43. The van der Waals surface area contributed by atoms with Crippen LogP contribution in [0, 0.1) is 11.8 Å². The number of hydrogen-bond acceptors (Lipinski definition) is 2. The Morgan fingerprint density at radius 3 is 3.00 bits per heavy atom. The fourth-order valence-electron chi connectivity index (χ4n) is 2.29. The molecule has 1 saturated carbocycles. The molecule has 1 heterocycles. The van der Waals surface area contributed by atoms with Crippen molar-refractivity contribution in [2.45, 2.75) is 25.7 Å². The first kappa shape index (κ1) is 7.14. The van der Waals surface area contributed by atoms with Crippen LogP contribution in [-0.2, 0) is 4.74 Å². The lowest BCUT2D eigenvalue weighted by molar-refractivity contribution is 0.286. The minimum absolute atomic E-state index is 0.675. The van der Waals surface area contributed by atoms with Gasteiger partial charge in [0.2, 0.25) is 0 Å². The molecule has 0 saturated heterocycles. The molecule has 0 N–H and O–H groups in total. The first-order valence-electron chi connectivity index (χ1n) is 4.50. The molecule has 0 bridgehead atoms. The molecular formula is C9H15NO. The van der Waals surface area contributed by atoms with Crippen molar-refractivity contribution in [3.05, 3.63) is 0 Å². The molecule has 0 aromatic heterocycles. The van der Waals surface area contributed by atoms with Crippen LogP contribution in [0.1, 0.15) is 25.7 Å². The first-order chi connectivity index (χ1) is 5.42. The first-order valence-corrected chi connectivity index (χ1v) is 4.50.